The predicted molar refractivity (Wildman–Crippen MR) is 101 cm³/mol. The van der Waals surface area contributed by atoms with Crippen molar-refractivity contribution in [1.29, 1.82) is 0 Å². The lowest BCUT2D eigenvalue weighted by molar-refractivity contribution is 0.0649. The molecule has 0 aliphatic rings. The number of aromatic carboxylic acids is 3. The lowest BCUT2D eigenvalue weighted by Crippen LogP contribution is -2.10. The Morgan fingerprint density at radius 2 is 1.33 bits per heavy atom. The van der Waals surface area contributed by atoms with Crippen molar-refractivity contribution in [2.75, 3.05) is 6.61 Å². The van der Waals surface area contributed by atoms with Crippen LogP contribution < -0.4 is 0 Å². The first-order chi connectivity index (χ1) is 12.8. The third kappa shape index (κ3) is 8.80. The van der Waals surface area contributed by atoms with Gasteiger partial charge in [0.2, 0.25) is 0 Å². The third-order valence-corrected chi connectivity index (χ3v) is 2.89. The first-order valence-electron chi connectivity index (χ1n) is 7.51. The van der Waals surface area contributed by atoms with Crippen LogP contribution in [-0.2, 0) is 0 Å². The Balaban J connectivity index is 0.000000468. The highest BCUT2D eigenvalue weighted by Gasteiger charge is 2.17. The Bertz CT molecular complexity index is 795. The van der Waals surface area contributed by atoms with E-state index >= 15 is 0 Å². The molecule has 27 heavy (non-hydrogen) atoms. The number of benzene rings is 2. The highest BCUT2D eigenvalue weighted by molar-refractivity contribution is 6.03. The van der Waals surface area contributed by atoms with Crippen molar-refractivity contribution in [2.45, 2.75) is 0 Å². The van der Waals surface area contributed by atoms with Crippen molar-refractivity contribution in [1.82, 2.24) is 0 Å². The summed E-state index contributed by atoms with van der Waals surface area (Å²) >= 11 is 0. The minimum Gasteiger partial charge on any atom is -0.478 e. The monoisotopic (exact) mass is 372 g/mol. The van der Waals surface area contributed by atoms with E-state index in [1.54, 1.807) is 0 Å². The molecule has 2 rings (SSSR count). The molecule has 0 aliphatic carbocycles. The molecule has 0 saturated heterocycles. The van der Waals surface area contributed by atoms with Gasteiger partial charge in [-0.2, -0.15) is 0 Å². The summed E-state index contributed by atoms with van der Waals surface area (Å²) in [5.74, 6) is -4.20. The fourth-order valence-corrected chi connectivity index (χ4v) is 1.63. The molecule has 7 nitrogen and oxygen atoms in total. The van der Waals surface area contributed by atoms with Gasteiger partial charge in [-0.05, 0) is 23.8 Å². The Hall–Kier alpha value is -3.71. The second-order valence-electron chi connectivity index (χ2n) is 4.76. The van der Waals surface area contributed by atoms with E-state index in [9.17, 15) is 14.4 Å². The molecule has 7 heteroatoms. The van der Waals surface area contributed by atoms with Gasteiger partial charge in [0, 0.05) is 0 Å². The summed E-state index contributed by atoms with van der Waals surface area (Å²) in [6.45, 7) is 6.94. The molecule has 4 N–H and O–H groups in total. The summed E-state index contributed by atoms with van der Waals surface area (Å²) in [6.07, 6.45) is 3.26. The van der Waals surface area contributed by atoms with Crippen molar-refractivity contribution in [3.05, 3.63) is 90.0 Å². The summed E-state index contributed by atoms with van der Waals surface area (Å²) < 4.78 is 0. The van der Waals surface area contributed by atoms with Crippen molar-refractivity contribution in [3.63, 3.8) is 0 Å². The predicted octanol–water partition coefficient (Wildman–Crippen LogP) is 3.28. The van der Waals surface area contributed by atoms with Crippen LogP contribution in [0, 0.1) is 0 Å². The van der Waals surface area contributed by atoms with Gasteiger partial charge in [0.1, 0.15) is 0 Å². The summed E-state index contributed by atoms with van der Waals surface area (Å²) in [6, 6.07) is 12.8. The van der Waals surface area contributed by atoms with E-state index < -0.39 is 29.0 Å². The maximum atomic E-state index is 10.6. The Kier molecular flexibility index (Phi) is 10.9. The number of carbonyl (C=O) groups is 3. The number of carboxylic acids is 3. The Labute approximate surface area is 156 Å². The number of rotatable bonds is 5. The molecule has 0 aromatic heterocycles. The Morgan fingerprint density at radius 3 is 1.67 bits per heavy atom. The fraction of sp³-hybridized carbons (Fsp3) is 0.0500. The van der Waals surface area contributed by atoms with Crippen LogP contribution in [0.3, 0.4) is 0 Å². The maximum absolute atomic E-state index is 10.6. The summed E-state index contributed by atoms with van der Waals surface area (Å²) in [5.41, 5.74) is -0.0696. The lowest BCUT2D eigenvalue weighted by atomic mass is 10.0. The summed E-state index contributed by atoms with van der Waals surface area (Å²) in [5, 5.41) is 33.6. The second-order valence-corrected chi connectivity index (χ2v) is 4.76. The standard InChI is InChI=1S/C9H6O6.C8H8.C3H6O/c10-7(11)4-1-2-5(8(12)13)6(3-4)9(14)15;1-2-8-6-4-3-5-7-8;1-2-3-4/h1-3H,(H,10,11)(H,12,13)(H,14,15);2-7H,1H2;2,4H,1,3H2. The van der Waals surface area contributed by atoms with Crippen molar-refractivity contribution in [2.24, 2.45) is 0 Å². The molecule has 2 aromatic rings. The number of hydrogen-bond acceptors (Lipinski definition) is 4. The van der Waals surface area contributed by atoms with Crippen molar-refractivity contribution in [3.8, 4) is 0 Å². The zero-order chi connectivity index (χ0) is 20.8. The summed E-state index contributed by atoms with van der Waals surface area (Å²) in [7, 11) is 0. The third-order valence-electron chi connectivity index (χ3n) is 2.89. The highest BCUT2D eigenvalue weighted by atomic mass is 16.4. The van der Waals surface area contributed by atoms with E-state index in [1.807, 2.05) is 36.4 Å². The molecular weight excluding hydrogens is 352 g/mol. The molecule has 0 bridgehead atoms. The van der Waals surface area contributed by atoms with E-state index in [0.29, 0.717) is 0 Å². The average molecular weight is 372 g/mol. The molecule has 2 aromatic carbocycles. The lowest BCUT2D eigenvalue weighted by Gasteiger charge is -2.02. The van der Waals surface area contributed by atoms with Gasteiger partial charge in [0.15, 0.2) is 0 Å². The van der Waals surface area contributed by atoms with Gasteiger partial charge in [-0.25, -0.2) is 14.4 Å². The molecule has 142 valence electrons. The van der Waals surface area contributed by atoms with Crippen LogP contribution in [0.4, 0.5) is 0 Å². The molecule has 0 spiro atoms. The molecule has 0 heterocycles. The molecule has 0 amide bonds. The van der Waals surface area contributed by atoms with E-state index in [-0.39, 0.29) is 12.2 Å². The summed E-state index contributed by atoms with van der Waals surface area (Å²) in [4.78, 5) is 31.8. The zero-order valence-corrected chi connectivity index (χ0v) is 14.4. The van der Waals surface area contributed by atoms with Crippen molar-refractivity contribution < 1.29 is 34.8 Å². The zero-order valence-electron chi connectivity index (χ0n) is 14.4. The largest absolute Gasteiger partial charge is 0.478 e. The van der Waals surface area contributed by atoms with E-state index in [4.69, 9.17) is 20.4 Å². The number of hydrogen-bond donors (Lipinski definition) is 4. The smallest absolute Gasteiger partial charge is 0.336 e. The van der Waals surface area contributed by atoms with E-state index in [2.05, 4.69) is 13.2 Å². The first-order valence-corrected chi connectivity index (χ1v) is 7.51. The van der Waals surface area contributed by atoms with Crippen LogP contribution in [0.25, 0.3) is 6.08 Å². The normalized spacial score (nSPS) is 8.78. The number of carboxylic acid groups (broad SMARTS) is 3. The second kappa shape index (κ2) is 12.6. The Morgan fingerprint density at radius 1 is 0.815 bits per heavy atom. The van der Waals surface area contributed by atoms with Gasteiger partial charge in [-0.1, -0.05) is 49.1 Å². The van der Waals surface area contributed by atoms with Gasteiger partial charge < -0.3 is 20.4 Å². The van der Waals surface area contributed by atoms with Crippen LogP contribution in [0.1, 0.15) is 36.6 Å². The van der Waals surface area contributed by atoms with E-state index in [1.165, 1.54) is 11.6 Å². The van der Waals surface area contributed by atoms with Gasteiger partial charge in [-0.15, -0.1) is 6.58 Å². The van der Waals surface area contributed by atoms with Crippen LogP contribution in [-0.4, -0.2) is 44.9 Å². The first kappa shape index (κ1) is 23.3. The highest BCUT2D eigenvalue weighted by Crippen LogP contribution is 2.12. The quantitative estimate of drug-likeness (QED) is 0.592. The molecule has 0 atom stereocenters. The molecule has 0 saturated carbocycles. The van der Waals surface area contributed by atoms with Gasteiger partial charge >= 0.3 is 17.9 Å². The van der Waals surface area contributed by atoms with Gasteiger partial charge in [-0.3, -0.25) is 0 Å². The minimum atomic E-state index is -1.48. The van der Waals surface area contributed by atoms with Crippen LogP contribution in [0.5, 0.6) is 0 Å². The molecule has 0 aliphatic heterocycles. The minimum absolute atomic E-state index is 0.0833. The van der Waals surface area contributed by atoms with Crippen LogP contribution in [0.15, 0.2) is 67.8 Å². The maximum Gasteiger partial charge on any atom is 0.336 e. The SMILES string of the molecule is C=CCO.C=Cc1ccccc1.O=C(O)c1ccc(C(=O)O)c(C(=O)O)c1. The molecule has 0 radical (unpaired) electrons. The molecule has 0 unspecified atom stereocenters. The number of aliphatic hydroxyl groups excluding tert-OH is 1. The number of aliphatic hydroxyl groups is 1. The fourth-order valence-electron chi connectivity index (χ4n) is 1.63. The van der Waals surface area contributed by atoms with Crippen molar-refractivity contribution >= 4 is 24.0 Å². The molecular formula is C20H20O7. The van der Waals surface area contributed by atoms with Gasteiger partial charge in [0.25, 0.3) is 0 Å². The van der Waals surface area contributed by atoms with Crippen LogP contribution in [0.2, 0.25) is 0 Å². The average Bonchev–Trinajstić information content (AvgIpc) is 2.68. The topological polar surface area (TPSA) is 132 Å². The van der Waals surface area contributed by atoms with Gasteiger partial charge in [0.05, 0.1) is 23.3 Å². The van der Waals surface area contributed by atoms with E-state index in [0.717, 1.165) is 18.2 Å². The molecule has 0 fully saturated rings. The van der Waals surface area contributed by atoms with Crippen LogP contribution >= 0.6 is 0 Å².